The molecule has 3 aromatic rings. The zero-order valence-corrected chi connectivity index (χ0v) is 13.6. The number of hydrogen-bond acceptors (Lipinski definition) is 6. The first-order valence-electron chi connectivity index (χ1n) is 8.10. The van der Waals surface area contributed by atoms with E-state index in [-0.39, 0.29) is 25.5 Å². The van der Waals surface area contributed by atoms with Gasteiger partial charge < -0.3 is 10.2 Å². The number of rotatable bonds is 3. The van der Waals surface area contributed by atoms with Crippen molar-refractivity contribution >= 4 is 22.8 Å². The number of piperidine rings is 1. The highest BCUT2D eigenvalue weighted by Crippen LogP contribution is 2.31. The minimum atomic E-state index is -2.92. The predicted molar refractivity (Wildman–Crippen MR) is 90.7 cm³/mol. The molecule has 1 N–H and O–H groups in total. The van der Waals surface area contributed by atoms with Crippen molar-refractivity contribution in [2.45, 2.75) is 18.4 Å². The quantitative estimate of drug-likeness (QED) is 0.775. The first-order valence-corrected chi connectivity index (χ1v) is 8.10. The van der Waals surface area contributed by atoms with Gasteiger partial charge in [-0.1, -0.05) is 0 Å². The number of nitrogens with zero attached hydrogens (tertiary/aromatic N) is 5. The molecule has 134 valence electrons. The highest BCUT2D eigenvalue weighted by Gasteiger charge is 2.45. The number of anilines is 2. The largest absolute Gasteiger partial charge is 0.344 e. The standard InChI is InChI=1S/C17H15F3N6/c18-12-3-2-11-9-23-16(24-13(11)8-12)26-7-4-17(19,20)14(10-26)25-15-21-5-1-6-22-15/h1-3,5-6,8-9,14H,4,7,10H2,(H,21,22,25). The first kappa shape index (κ1) is 16.5. The van der Waals surface area contributed by atoms with Crippen LogP contribution in [-0.2, 0) is 0 Å². The van der Waals surface area contributed by atoms with Crippen molar-refractivity contribution in [2.75, 3.05) is 23.3 Å². The van der Waals surface area contributed by atoms with E-state index in [1.165, 1.54) is 24.5 Å². The van der Waals surface area contributed by atoms with Gasteiger partial charge in [-0.15, -0.1) is 0 Å². The highest BCUT2D eigenvalue weighted by atomic mass is 19.3. The molecule has 1 aliphatic heterocycles. The van der Waals surface area contributed by atoms with Gasteiger partial charge in [0.05, 0.1) is 5.52 Å². The van der Waals surface area contributed by atoms with Gasteiger partial charge in [-0.2, -0.15) is 0 Å². The van der Waals surface area contributed by atoms with Gasteiger partial charge in [-0.25, -0.2) is 33.1 Å². The van der Waals surface area contributed by atoms with E-state index in [0.29, 0.717) is 16.9 Å². The Morgan fingerprint density at radius 2 is 1.96 bits per heavy atom. The molecule has 1 atom stereocenters. The second-order valence-electron chi connectivity index (χ2n) is 6.10. The molecule has 9 heteroatoms. The maximum Gasteiger partial charge on any atom is 0.271 e. The van der Waals surface area contributed by atoms with Gasteiger partial charge in [-0.05, 0) is 18.2 Å². The minimum Gasteiger partial charge on any atom is -0.344 e. The van der Waals surface area contributed by atoms with Crippen molar-refractivity contribution in [3.8, 4) is 0 Å². The summed E-state index contributed by atoms with van der Waals surface area (Å²) in [6.07, 6.45) is 4.17. The average Bonchev–Trinajstić information content (AvgIpc) is 2.63. The van der Waals surface area contributed by atoms with Gasteiger partial charge in [0, 0.05) is 49.6 Å². The van der Waals surface area contributed by atoms with Crippen LogP contribution in [0.5, 0.6) is 0 Å². The summed E-state index contributed by atoms with van der Waals surface area (Å²) in [5.41, 5.74) is 0.434. The smallest absolute Gasteiger partial charge is 0.271 e. The van der Waals surface area contributed by atoms with Gasteiger partial charge in [0.2, 0.25) is 11.9 Å². The molecule has 6 nitrogen and oxygen atoms in total. The van der Waals surface area contributed by atoms with E-state index in [1.54, 1.807) is 23.2 Å². The summed E-state index contributed by atoms with van der Waals surface area (Å²) in [6.45, 7) is 0.0771. The van der Waals surface area contributed by atoms with Gasteiger partial charge in [0.15, 0.2) is 0 Å². The summed E-state index contributed by atoms with van der Waals surface area (Å²) >= 11 is 0. The average molecular weight is 360 g/mol. The van der Waals surface area contributed by atoms with Crippen LogP contribution < -0.4 is 10.2 Å². The van der Waals surface area contributed by atoms with Gasteiger partial charge >= 0.3 is 0 Å². The number of hydrogen-bond donors (Lipinski definition) is 1. The summed E-state index contributed by atoms with van der Waals surface area (Å²) < 4.78 is 42.0. The Morgan fingerprint density at radius 1 is 1.15 bits per heavy atom. The van der Waals surface area contributed by atoms with Crippen molar-refractivity contribution in [3.63, 3.8) is 0 Å². The van der Waals surface area contributed by atoms with Gasteiger partial charge in [0.25, 0.3) is 5.92 Å². The van der Waals surface area contributed by atoms with Crippen molar-refractivity contribution in [1.82, 2.24) is 19.9 Å². The van der Waals surface area contributed by atoms with E-state index in [9.17, 15) is 13.2 Å². The Kier molecular flexibility index (Phi) is 4.06. The summed E-state index contributed by atoms with van der Waals surface area (Å²) in [4.78, 5) is 18.1. The van der Waals surface area contributed by atoms with Crippen molar-refractivity contribution < 1.29 is 13.2 Å². The lowest BCUT2D eigenvalue weighted by Crippen LogP contribution is -2.55. The van der Waals surface area contributed by atoms with E-state index in [0.717, 1.165) is 0 Å². The molecule has 1 aromatic carbocycles. The number of benzene rings is 1. The molecule has 26 heavy (non-hydrogen) atoms. The Bertz CT molecular complexity index is 921. The molecule has 1 fully saturated rings. The molecule has 0 aliphatic carbocycles. The lowest BCUT2D eigenvalue weighted by molar-refractivity contribution is -0.0333. The van der Waals surface area contributed by atoms with Crippen LogP contribution in [0.1, 0.15) is 6.42 Å². The lowest BCUT2D eigenvalue weighted by atomic mass is 10.0. The molecule has 0 amide bonds. The molecule has 0 bridgehead atoms. The zero-order chi connectivity index (χ0) is 18.1. The zero-order valence-electron chi connectivity index (χ0n) is 13.6. The molecule has 1 saturated heterocycles. The molecule has 1 aliphatic rings. The fraction of sp³-hybridized carbons (Fsp3) is 0.294. The summed E-state index contributed by atoms with van der Waals surface area (Å²) in [7, 11) is 0. The number of alkyl halides is 2. The molecule has 0 radical (unpaired) electrons. The Labute approximate surface area is 147 Å². The van der Waals surface area contributed by atoms with Crippen molar-refractivity contribution in [3.05, 3.63) is 48.7 Å². The van der Waals surface area contributed by atoms with Crippen LogP contribution in [0, 0.1) is 5.82 Å². The Balaban J connectivity index is 1.59. The summed E-state index contributed by atoms with van der Waals surface area (Å²) in [5.74, 6) is -2.90. The van der Waals surface area contributed by atoms with Crippen LogP contribution in [0.25, 0.3) is 10.9 Å². The molecular formula is C17H15F3N6. The van der Waals surface area contributed by atoms with Gasteiger partial charge in [0.1, 0.15) is 11.9 Å². The Morgan fingerprint density at radius 3 is 2.77 bits per heavy atom. The van der Waals surface area contributed by atoms with Crippen LogP contribution >= 0.6 is 0 Å². The second-order valence-corrected chi connectivity index (χ2v) is 6.10. The number of nitrogens with one attached hydrogen (secondary N) is 1. The number of fused-ring (bicyclic) bond motifs is 1. The van der Waals surface area contributed by atoms with E-state index in [2.05, 4.69) is 25.3 Å². The van der Waals surface area contributed by atoms with Crippen LogP contribution in [0.4, 0.5) is 25.1 Å². The van der Waals surface area contributed by atoms with E-state index >= 15 is 0 Å². The van der Waals surface area contributed by atoms with E-state index in [4.69, 9.17) is 0 Å². The third-order valence-electron chi connectivity index (χ3n) is 4.31. The third-order valence-corrected chi connectivity index (χ3v) is 4.31. The Hall–Kier alpha value is -2.97. The normalized spacial score (nSPS) is 19.5. The highest BCUT2D eigenvalue weighted by molar-refractivity contribution is 5.78. The van der Waals surface area contributed by atoms with Crippen LogP contribution in [0.2, 0.25) is 0 Å². The van der Waals surface area contributed by atoms with Crippen LogP contribution in [0.15, 0.2) is 42.9 Å². The second kappa shape index (κ2) is 6.40. The lowest BCUT2D eigenvalue weighted by Gasteiger charge is -2.38. The first-order chi connectivity index (χ1) is 12.5. The van der Waals surface area contributed by atoms with E-state index in [1.807, 2.05) is 0 Å². The van der Waals surface area contributed by atoms with E-state index < -0.39 is 17.8 Å². The molecule has 1 unspecified atom stereocenters. The van der Waals surface area contributed by atoms with Crippen molar-refractivity contribution in [2.24, 2.45) is 0 Å². The maximum atomic E-state index is 14.3. The van der Waals surface area contributed by atoms with Crippen LogP contribution in [0.3, 0.4) is 0 Å². The maximum absolute atomic E-state index is 14.3. The molecule has 2 aromatic heterocycles. The molecule has 0 saturated carbocycles. The third kappa shape index (κ3) is 3.24. The number of aromatic nitrogens is 4. The summed E-state index contributed by atoms with van der Waals surface area (Å²) in [6, 6.07) is 4.62. The molecule has 4 rings (SSSR count). The predicted octanol–water partition coefficient (Wildman–Crippen LogP) is 2.89. The number of halogens is 3. The summed E-state index contributed by atoms with van der Waals surface area (Å²) in [5, 5.41) is 3.37. The fourth-order valence-electron chi connectivity index (χ4n) is 2.90. The molecule has 0 spiro atoms. The fourth-order valence-corrected chi connectivity index (χ4v) is 2.90. The topological polar surface area (TPSA) is 66.8 Å². The van der Waals surface area contributed by atoms with Crippen LogP contribution in [-0.4, -0.2) is 45.0 Å². The van der Waals surface area contributed by atoms with Gasteiger partial charge in [-0.3, -0.25) is 0 Å². The monoisotopic (exact) mass is 360 g/mol. The molecular weight excluding hydrogens is 345 g/mol. The van der Waals surface area contributed by atoms with Crippen molar-refractivity contribution in [1.29, 1.82) is 0 Å². The molecule has 3 heterocycles. The minimum absolute atomic E-state index is 0.0217. The SMILES string of the molecule is Fc1ccc2cnc(N3CCC(F)(F)C(Nc4ncccn4)C3)nc2c1.